The van der Waals surface area contributed by atoms with Gasteiger partial charge in [0.25, 0.3) is 0 Å². The van der Waals surface area contributed by atoms with E-state index in [-0.39, 0.29) is 12.1 Å². The van der Waals surface area contributed by atoms with Gasteiger partial charge in [-0.15, -0.1) is 10.2 Å². The fraction of sp³-hybridized carbons (Fsp3) is 0.438. The van der Waals surface area contributed by atoms with Gasteiger partial charge in [0.2, 0.25) is 0 Å². The van der Waals surface area contributed by atoms with Crippen molar-refractivity contribution in [2.75, 3.05) is 0 Å². The molecule has 2 aromatic rings. The van der Waals surface area contributed by atoms with E-state index in [0.717, 1.165) is 42.2 Å². The normalized spacial score (nSPS) is 21.8. The van der Waals surface area contributed by atoms with Gasteiger partial charge in [-0.3, -0.25) is 0 Å². The van der Waals surface area contributed by atoms with Gasteiger partial charge in [-0.2, -0.15) is 0 Å². The highest BCUT2D eigenvalue weighted by Gasteiger charge is 2.31. The number of aliphatic hydroxyl groups excluding tert-OH is 1. The molecule has 7 nitrogen and oxygen atoms in total. The molecule has 0 spiro atoms. The zero-order valence-electron chi connectivity index (χ0n) is 12.7. The van der Waals surface area contributed by atoms with Crippen molar-refractivity contribution in [2.24, 2.45) is 0 Å². The molecule has 0 saturated heterocycles. The summed E-state index contributed by atoms with van der Waals surface area (Å²) < 4.78 is 2.06. The quantitative estimate of drug-likeness (QED) is 0.777. The first-order valence-corrected chi connectivity index (χ1v) is 7.93. The van der Waals surface area contributed by atoms with Crippen LogP contribution in [0.1, 0.15) is 35.2 Å². The van der Waals surface area contributed by atoms with Gasteiger partial charge in [-0.1, -0.05) is 24.3 Å². The van der Waals surface area contributed by atoms with Gasteiger partial charge < -0.3 is 20.3 Å². The number of aliphatic hydroxyl groups is 1. The minimum Gasteiger partial charge on any atom is -0.390 e. The van der Waals surface area contributed by atoms with Crippen LogP contribution in [0.25, 0.3) is 0 Å². The van der Waals surface area contributed by atoms with E-state index in [9.17, 15) is 9.90 Å². The zero-order valence-corrected chi connectivity index (χ0v) is 12.7. The SMILES string of the molecule is O=C(NCc1nnc2n1CCC2)N[C@H]1c2ccccc2C[C@H]1O. The fourth-order valence-electron chi connectivity index (χ4n) is 3.44. The molecule has 4 rings (SSSR count). The van der Waals surface area contributed by atoms with E-state index in [1.165, 1.54) is 0 Å². The lowest BCUT2D eigenvalue weighted by Gasteiger charge is -2.18. The first-order chi connectivity index (χ1) is 11.2. The molecule has 1 aliphatic heterocycles. The third-order valence-electron chi connectivity index (χ3n) is 4.58. The molecule has 1 aliphatic carbocycles. The largest absolute Gasteiger partial charge is 0.390 e. The predicted octanol–water partition coefficient (Wildman–Crippen LogP) is 0.682. The van der Waals surface area contributed by atoms with Crippen LogP contribution in [0.2, 0.25) is 0 Å². The Hall–Kier alpha value is -2.41. The van der Waals surface area contributed by atoms with E-state index in [1.807, 2.05) is 24.3 Å². The molecular formula is C16H19N5O2. The van der Waals surface area contributed by atoms with Crippen molar-refractivity contribution in [1.29, 1.82) is 0 Å². The molecule has 23 heavy (non-hydrogen) atoms. The Labute approximate surface area is 133 Å². The van der Waals surface area contributed by atoms with Crippen molar-refractivity contribution in [2.45, 2.75) is 44.5 Å². The van der Waals surface area contributed by atoms with E-state index >= 15 is 0 Å². The highest BCUT2D eigenvalue weighted by molar-refractivity contribution is 5.74. The number of nitrogens with zero attached hydrogens (tertiary/aromatic N) is 3. The summed E-state index contributed by atoms with van der Waals surface area (Å²) in [7, 11) is 0. The van der Waals surface area contributed by atoms with Gasteiger partial charge >= 0.3 is 6.03 Å². The van der Waals surface area contributed by atoms with Crippen molar-refractivity contribution < 1.29 is 9.90 Å². The molecule has 0 unspecified atom stereocenters. The molecule has 0 bridgehead atoms. The van der Waals surface area contributed by atoms with Gasteiger partial charge in [0, 0.05) is 19.4 Å². The van der Waals surface area contributed by atoms with E-state index in [1.54, 1.807) is 0 Å². The summed E-state index contributed by atoms with van der Waals surface area (Å²) in [6, 6.07) is 7.12. The maximum Gasteiger partial charge on any atom is 0.315 e. The predicted molar refractivity (Wildman–Crippen MR) is 82.6 cm³/mol. The highest BCUT2D eigenvalue weighted by atomic mass is 16.3. The number of rotatable bonds is 3. The topological polar surface area (TPSA) is 92.1 Å². The molecule has 0 radical (unpaired) electrons. The van der Waals surface area contributed by atoms with E-state index in [4.69, 9.17) is 0 Å². The molecule has 120 valence electrons. The number of carbonyl (C=O) groups is 1. The maximum atomic E-state index is 12.2. The first-order valence-electron chi connectivity index (χ1n) is 7.93. The maximum absolute atomic E-state index is 12.2. The minimum atomic E-state index is -0.588. The summed E-state index contributed by atoms with van der Waals surface area (Å²) in [5.41, 5.74) is 2.07. The Morgan fingerprint density at radius 1 is 1.35 bits per heavy atom. The molecule has 2 heterocycles. The van der Waals surface area contributed by atoms with Crippen molar-refractivity contribution in [3.8, 4) is 0 Å². The van der Waals surface area contributed by atoms with E-state index in [2.05, 4.69) is 25.4 Å². The van der Waals surface area contributed by atoms with Crippen LogP contribution in [0, 0.1) is 0 Å². The summed E-state index contributed by atoms with van der Waals surface area (Å²) in [5.74, 6) is 1.77. The Bertz CT molecular complexity index is 742. The van der Waals surface area contributed by atoms with Crippen molar-refractivity contribution >= 4 is 6.03 Å². The number of urea groups is 1. The van der Waals surface area contributed by atoms with Crippen LogP contribution in [0.15, 0.2) is 24.3 Å². The summed E-state index contributed by atoms with van der Waals surface area (Å²) in [5, 5.41) is 24.1. The average Bonchev–Trinajstić information content (AvgIpc) is 3.21. The Morgan fingerprint density at radius 2 is 2.22 bits per heavy atom. The number of amides is 2. The van der Waals surface area contributed by atoms with Crippen molar-refractivity contribution in [3.05, 3.63) is 47.0 Å². The second-order valence-corrected chi connectivity index (χ2v) is 6.06. The van der Waals surface area contributed by atoms with Crippen LogP contribution in [0.3, 0.4) is 0 Å². The molecule has 0 fully saturated rings. The molecule has 3 N–H and O–H groups in total. The van der Waals surface area contributed by atoms with Gasteiger partial charge in [-0.05, 0) is 17.5 Å². The Morgan fingerprint density at radius 3 is 3.13 bits per heavy atom. The first kappa shape index (κ1) is 14.2. The van der Waals surface area contributed by atoms with Crippen LogP contribution in [0.4, 0.5) is 4.79 Å². The lowest BCUT2D eigenvalue weighted by Crippen LogP contribution is -2.41. The Balaban J connectivity index is 1.39. The van der Waals surface area contributed by atoms with Gasteiger partial charge in [0.05, 0.1) is 18.7 Å². The van der Waals surface area contributed by atoms with Crippen LogP contribution in [-0.2, 0) is 25.9 Å². The standard InChI is InChI=1S/C16H19N5O2/c22-12-8-10-4-1-2-5-11(10)15(12)18-16(23)17-9-14-20-19-13-6-3-7-21(13)14/h1-2,4-5,12,15,22H,3,6-9H2,(H2,17,18,23)/t12-,15+/m1/s1. The summed E-state index contributed by atoms with van der Waals surface area (Å²) >= 11 is 0. The zero-order chi connectivity index (χ0) is 15.8. The fourth-order valence-corrected chi connectivity index (χ4v) is 3.44. The van der Waals surface area contributed by atoms with Crippen molar-refractivity contribution in [3.63, 3.8) is 0 Å². The van der Waals surface area contributed by atoms with Gasteiger partial charge in [0.15, 0.2) is 5.82 Å². The highest BCUT2D eigenvalue weighted by Crippen LogP contribution is 2.31. The second kappa shape index (κ2) is 5.66. The van der Waals surface area contributed by atoms with Crippen LogP contribution in [-0.4, -0.2) is 32.0 Å². The third kappa shape index (κ3) is 2.57. The lowest BCUT2D eigenvalue weighted by atomic mass is 10.1. The van der Waals surface area contributed by atoms with E-state index in [0.29, 0.717) is 13.0 Å². The van der Waals surface area contributed by atoms with E-state index < -0.39 is 6.10 Å². The molecule has 1 aromatic carbocycles. The van der Waals surface area contributed by atoms with Gasteiger partial charge in [0.1, 0.15) is 5.82 Å². The van der Waals surface area contributed by atoms with Crippen LogP contribution < -0.4 is 10.6 Å². The molecular weight excluding hydrogens is 294 g/mol. The Kier molecular flexibility index (Phi) is 3.49. The smallest absolute Gasteiger partial charge is 0.315 e. The second-order valence-electron chi connectivity index (χ2n) is 6.06. The number of benzene rings is 1. The van der Waals surface area contributed by atoms with Crippen LogP contribution in [0.5, 0.6) is 0 Å². The molecule has 2 atom stereocenters. The number of nitrogens with one attached hydrogen (secondary N) is 2. The number of aromatic nitrogens is 3. The number of hydrogen-bond acceptors (Lipinski definition) is 4. The summed E-state index contributed by atoms with van der Waals surface area (Å²) in [4.78, 5) is 12.2. The minimum absolute atomic E-state index is 0.305. The third-order valence-corrected chi connectivity index (χ3v) is 4.58. The number of carbonyl (C=O) groups excluding carboxylic acids is 1. The molecule has 2 amide bonds. The molecule has 7 heteroatoms. The van der Waals surface area contributed by atoms with Gasteiger partial charge in [-0.25, -0.2) is 4.79 Å². The molecule has 0 saturated carbocycles. The molecule has 1 aromatic heterocycles. The molecule has 2 aliphatic rings. The summed E-state index contributed by atoms with van der Waals surface area (Å²) in [6.45, 7) is 1.25. The monoisotopic (exact) mass is 313 g/mol. The van der Waals surface area contributed by atoms with Crippen molar-refractivity contribution in [1.82, 2.24) is 25.4 Å². The van der Waals surface area contributed by atoms with Crippen LogP contribution >= 0.6 is 0 Å². The number of fused-ring (bicyclic) bond motifs is 2. The lowest BCUT2D eigenvalue weighted by molar-refractivity contribution is 0.142. The number of aryl methyl sites for hydroxylation is 1. The average molecular weight is 313 g/mol. The number of hydrogen-bond donors (Lipinski definition) is 3. The summed E-state index contributed by atoms with van der Waals surface area (Å²) in [6.07, 6.45) is 2.01.